The summed E-state index contributed by atoms with van der Waals surface area (Å²) in [5, 5.41) is 1.03. The van der Waals surface area contributed by atoms with Crippen LogP contribution < -0.4 is 4.90 Å². The van der Waals surface area contributed by atoms with Crippen molar-refractivity contribution >= 4 is 49.1 Å². The van der Waals surface area contributed by atoms with E-state index in [0.29, 0.717) is 19.6 Å². The lowest BCUT2D eigenvalue weighted by Crippen LogP contribution is -2.51. The number of likely N-dealkylation sites (tertiary alicyclic amines) is 1. The number of thiophene rings is 1. The first kappa shape index (κ1) is 21.5. The zero-order valence-electron chi connectivity index (χ0n) is 17.9. The first-order valence-corrected chi connectivity index (χ1v) is 12.7. The van der Waals surface area contributed by atoms with Crippen LogP contribution in [-0.4, -0.2) is 90.4 Å². The summed E-state index contributed by atoms with van der Waals surface area (Å²) < 4.78 is 1.09. The molecule has 0 atom stereocenters. The molecule has 30 heavy (non-hydrogen) atoms. The maximum absolute atomic E-state index is 13.0. The standard InChI is InChI=1S/C21H31N5O2S2/c1-3-24(4-2)21-22-19-16(30-21)14-17(29-19)20(28)26-12-10-23(11-13-26)15-18(27)25-8-6-5-7-9-25/h14H,3-13,15H2,1-2H3. The van der Waals surface area contributed by atoms with Gasteiger partial charge in [-0.25, -0.2) is 4.98 Å². The van der Waals surface area contributed by atoms with Gasteiger partial charge in [-0.3, -0.25) is 14.5 Å². The zero-order chi connectivity index (χ0) is 21.1. The fourth-order valence-corrected chi connectivity index (χ4v) is 6.46. The van der Waals surface area contributed by atoms with Crippen molar-refractivity contribution in [1.82, 2.24) is 19.7 Å². The van der Waals surface area contributed by atoms with Gasteiger partial charge in [0, 0.05) is 52.4 Å². The Labute approximate surface area is 186 Å². The van der Waals surface area contributed by atoms with Crippen LogP contribution in [0.2, 0.25) is 0 Å². The van der Waals surface area contributed by atoms with E-state index in [-0.39, 0.29) is 11.8 Å². The molecule has 0 unspecified atom stereocenters. The van der Waals surface area contributed by atoms with Gasteiger partial charge in [0.2, 0.25) is 5.91 Å². The number of nitrogens with zero attached hydrogens (tertiary/aromatic N) is 5. The van der Waals surface area contributed by atoms with E-state index in [0.717, 1.165) is 71.6 Å². The number of rotatable bonds is 6. The lowest BCUT2D eigenvalue weighted by atomic mass is 10.1. The molecule has 9 heteroatoms. The number of carbonyl (C=O) groups is 2. The molecule has 4 rings (SSSR count). The lowest BCUT2D eigenvalue weighted by molar-refractivity contribution is -0.133. The highest BCUT2D eigenvalue weighted by molar-refractivity contribution is 7.29. The van der Waals surface area contributed by atoms with Gasteiger partial charge in [0.1, 0.15) is 4.83 Å². The molecule has 2 aromatic heterocycles. The van der Waals surface area contributed by atoms with Crippen LogP contribution in [0.3, 0.4) is 0 Å². The largest absolute Gasteiger partial charge is 0.349 e. The molecule has 0 aliphatic carbocycles. The molecule has 0 saturated carbocycles. The van der Waals surface area contributed by atoms with Gasteiger partial charge in [-0.05, 0) is 39.2 Å². The first-order valence-electron chi connectivity index (χ1n) is 11.0. The number of thiazole rings is 1. The monoisotopic (exact) mass is 449 g/mol. The predicted molar refractivity (Wildman–Crippen MR) is 124 cm³/mol. The van der Waals surface area contributed by atoms with Crippen LogP contribution in [0.1, 0.15) is 42.8 Å². The van der Waals surface area contributed by atoms with Gasteiger partial charge in [-0.1, -0.05) is 11.3 Å². The molecule has 2 fully saturated rings. The Morgan fingerprint density at radius 1 is 0.967 bits per heavy atom. The van der Waals surface area contributed by atoms with Gasteiger partial charge >= 0.3 is 0 Å². The van der Waals surface area contributed by atoms with Crippen molar-refractivity contribution in [2.45, 2.75) is 33.1 Å². The van der Waals surface area contributed by atoms with Crippen molar-refractivity contribution in [2.24, 2.45) is 0 Å². The van der Waals surface area contributed by atoms with Gasteiger partial charge < -0.3 is 14.7 Å². The Morgan fingerprint density at radius 3 is 2.30 bits per heavy atom. The van der Waals surface area contributed by atoms with E-state index in [9.17, 15) is 9.59 Å². The van der Waals surface area contributed by atoms with Crippen LogP contribution in [0.25, 0.3) is 9.53 Å². The number of hydrogen-bond donors (Lipinski definition) is 0. The smallest absolute Gasteiger partial charge is 0.264 e. The molecule has 2 saturated heterocycles. The average molecular weight is 450 g/mol. The van der Waals surface area contributed by atoms with Gasteiger partial charge in [-0.15, -0.1) is 11.3 Å². The van der Waals surface area contributed by atoms with E-state index in [1.807, 2.05) is 15.9 Å². The minimum absolute atomic E-state index is 0.0941. The minimum atomic E-state index is 0.0941. The summed E-state index contributed by atoms with van der Waals surface area (Å²) in [5.74, 6) is 0.333. The molecule has 2 aromatic rings. The van der Waals surface area contributed by atoms with E-state index in [2.05, 4.69) is 23.6 Å². The van der Waals surface area contributed by atoms with Crippen molar-refractivity contribution in [3.05, 3.63) is 10.9 Å². The Bertz CT molecular complexity index is 846. The lowest BCUT2D eigenvalue weighted by Gasteiger charge is -2.35. The maximum Gasteiger partial charge on any atom is 0.264 e. The molecular weight excluding hydrogens is 418 g/mol. The summed E-state index contributed by atoms with van der Waals surface area (Å²) in [6.07, 6.45) is 3.48. The fourth-order valence-electron chi connectivity index (χ4n) is 4.16. The van der Waals surface area contributed by atoms with Gasteiger partial charge in [-0.2, -0.15) is 0 Å². The van der Waals surface area contributed by atoms with Crippen molar-refractivity contribution in [1.29, 1.82) is 0 Å². The van der Waals surface area contributed by atoms with Crippen molar-refractivity contribution in [3.63, 3.8) is 0 Å². The third kappa shape index (κ3) is 4.63. The highest BCUT2D eigenvalue weighted by Gasteiger charge is 2.26. The second kappa shape index (κ2) is 9.62. The van der Waals surface area contributed by atoms with Crippen LogP contribution in [0.15, 0.2) is 6.07 Å². The van der Waals surface area contributed by atoms with Crippen molar-refractivity contribution in [3.8, 4) is 0 Å². The third-order valence-corrected chi connectivity index (χ3v) is 8.26. The summed E-state index contributed by atoms with van der Waals surface area (Å²) in [7, 11) is 0. The summed E-state index contributed by atoms with van der Waals surface area (Å²) in [5.41, 5.74) is 0. The van der Waals surface area contributed by atoms with E-state index >= 15 is 0 Å². The van der Waals surface area contributed by atoms with Crippen LogP contribution in [0, 0.1) is 0 Å². The number of hydrogen-bond acceptors (Lipinski definition) is 7. The molecule has 164 valence electrons. The van der Waals surface area contributed by atoms with Gasteiger partial charge in [0.25, 0.3) is 5.91 Å². The van der Waals surface area contributed by atoms with E-state index in [1.165, 1.54) is 17.8 Å². The number of anilines is 1. The molecule has 0 aromatic carbocycles. The normalized spacial score (nSPS) is 18.2. The summed E-state index contributed by atoms with van der Waals surface area (Å²) >= 11 is 3.16. The summed E-state index contributed by atoms with van der Waals surface area (Å²) in [6.45, 7) is 11.3. The van der Waals surface area contributed by atoms with E-state index in [1.54, 1.807) is 11.3 Å². The first-order chi connectivity index (χ1) is 14.6. The van der Waals surface area contributed by atoms with Crippen molar-refractivity contribution < 1.29 is 9.59 Å². The molecule has 2 amide bonds. The van der Waals surface area contributed by atoms with Crippen LogP contribution >= 0.6 is 22.7 Å². The van der Waals surface area contributed by atoms with Gasteiger partial charge in [0.15, 0.2) is 5.13 Å². The Balaban J connectivity index is 1.31. The molecular formula is C21H31N5O2S2. The number of aromatic nitrogens is 1. The Kier molecular flexibility index (Phi) is 6.90. The predicted octanol–water partition coefficient (Wildman–Crippen LogP) is 2.97. The highest BCUT2D eigenvalue weighted by Crippen LogP contribution is 2.35. The quantitative estimate of drug-likeness (QED) is 0.679. The Hall–Kier alpha value is -1.71. The number of piperidine rings is 1. The Morgan fingerprint density at radius 2 is 1.67 bits per heavy atom. The molecule has 4 heterocycles. The maximum atomic E-state index is 13.0. The number of amides is 2. The molecule has 0 spiro atoms. The van der Waals surface area contributed by atoms with E-state index < -0.39 is 0 Å². The molecule has 2 aliphatic heterocycles. The minimum Gasteiger partial charge on any atom is -0.349 e. The molecule has 0 radical (unpaired) electrons. The second-order valence-corrected chi connectivity index (χ2v) is 10.00. The molecule has 0 N–H and O–H groups in total. The molecule has 0 bridgehead atoms. The number of carbonyl (C=O) groups excluding carboxylic acids is 2. The number of fused-ring (bicyclic) bond motifs is 1. The van der Waals surface area contributed by atoms with Crippen LogP contribution in [0.5, 0.6) is 0 Å². The van der Waals surface area contributed by atoms with E-state index in [4.69, 9.17) is 4.98 Å². The van der Waals surface area contributed by atoms with Gasteiger partial charge in [0.05, 0.1) is 16.1 Å². The third-order valence-electron chi connectivity index (χ3n) is 6.05. The molecule has 7 nitrogen and oxygen atoms in total. The highest BCUT2D eigenvalue weighted by atomic mass is 32.1. The fraction of sp³-hybridized carbons (Fsp3) is 0.667. The van der Waals surface area contributed by atoms with Crippen molar-refractivity contribution in [2.75, 3.05) is 63.8 Å². The summed E-state index contributed by atoms with van der Waals surface area (Å²) in [4.78, 5) is 40.3. The SMILES string of the molecule is CCN(CC)c1nc2sc(C(=O)N3CCN(CC(=O)N4CCCCC4)CC3)cc2s1. The summed E-state index contributed by atoms with van der Waals surface area (Å²) in [6, 6.07) is 2.00. The second-order valence-electron chi connectivity index (χ2n) is 7.96. The van der Waals surface area contributed by atoms with Crippen LogP contribution in [-0.2, 0) is 4.79 Å². The topological polar surface area (TPSA) is 60.0 Å². The zero-order valence-corrected chi connectivity index (χ0v) is 19.6. The molecule has 2 aliphatic rings. The number of piperazine rings is 1. The van der Waals surface area contributed by atoms with Crippen LogP contribution in [0.4, 0.5) is 5.13 Å². The average Bonchev–Trinajstić information content (AvgIpc) is 3.35.